The van der Waals surface area contributed by atoms with Crippen LogP contribution >= 0.6 is 0 Å². The number of benzene rings is 1. The zero-order chi connectivity index (χ0) is 20.0. The number of fused-ring (bicyclic) bond motifs is 2. The lowest BCUT2D eigenvalue weighted by molar-refractivity contribution is -0.661. The van der Waals surface area contributed by atoms with Gasteiger partial charge in [-0.15, -0.1) is 10.2 Å². The zero-order valence-corrected chi connectivity index (χ0v) is 16.3. The van der Waals surface area contributed by atoms with Gasteiger partial charge in [0.15, 0.2) is 11.8 Å². The molecule has 0 saturated heterocycles. The molecule has 0 bridgehead atoms. The highest BCUT2D eigenvalue weighted by Gasteiger charge is 2.21. The second-order valence-electron chi connectivity index (χ2n) is 7.24. The summed E-state index contributed by atoms with van der Waals surface area (Å²) >= 11 is 0. The van der Waals surface area contributed by atoms with Gasteiger partial charge in [0.2, 0.25) is 5.69 Å². The zero-order valence-electron chi connectivity index (χ0n) is 16.3. The number of aryl methyl sites for hydroxylation is 3. The van der Waals surface area contributed by atoms with E-state index in [1.165, 1.54) is 6.07 Å². The molecule has 3 aromatic heterocycles. The lowest BCUT2D eigenvalue weighted by Gasteiger charge is -2.10. The van der Waals surface area contributed by atoms with Crippen LogP contribution in [-0.2, 0) is 26.3 Å². The highest BCUT2D eigenvalue weighted by atomic mass is 19.1. The molecule has 29 heavy (non-hydrogen) atoms. The summed E-state index contributed by atoms with van der Waals surface area (Å²) < 4.78 is 23.9. The average Bonchev–Trinajstić information content (AvgIpc) is 3.37. The fourth-order valence-electron chi connectivity index (χ4n) is 3.95. The van der Waals surface area contributed by atoms with Crippen LogP contribution in [0, 0.1) is 12.7 Å². The van der Waals surface area contributed by atoms with Crippen molar-refractivity contribution < 1.29 is 13.7 Å². The van der Waals surface area contributed by atoms with Crippen LogP contribution in [0.3, 0.4) is 0 Å². The summed E-state index contributed by atoms with van der Waals surface area (Å²) in [6, 6.07) is 3.19. The van der Waals surface area contributed by atoms with Crippen LogP contribution in [0.15, 0.2) is 37.1 Å². The van der Waals surface area contributed by atoms with E-state index in [-0.39, 0.29) is 5.82 Å². The first-order valence-electron chi connectivity index (χ1n) is 9.55. The van der Waals surface area contributed by atoms with Crippen molar-refractivity contribution in [1.29, 1.82) is 0 Å². The van der Waals surface area contributed by atoms with E-state index in [9.17, 15) is 4.39 Å². The van der Waals surface area contributed by atoms with Gasteiger partial charge in [0.05, 0.1) is 12.8 Å². The molecular weight excluding hydrogens is 371 g/mol. The first-order chi connectivity index (χ1) is 14.1. The van der Waals surface area contributed by atoms with Crippen molar-refractivity contribution in [2.45, 2.75) is 26.2 Å². The molecule has 4 aromatic rings. The summed E-state index contributed by atoms with van der Waals surface area (Å²) in [6.07, 6.45) is 9.06. The monoisotopic (exact) mass is 391 g/mol. The smallest absolute Gasteiger partial charge is 0.236 e. The molecule has 4 heterocycles. The Balaban J connectivity index is 1.50. The van der Waals surface area contributed by atoms with E-state index in [1.54, 1.807) is 18.6 Å². The van der Waals surface area contributed by atoms with Crippen molar-refractivity contribution in [3.63, 3.8) is 0 Å². The third kappa shape index (κ3) is 3.00. The number of hydrogen-bond donors (Lipinski definition) is 0. The van der Waals surface area contributed by atoms with Crippen molar-refractivity contribution in [3.05, 3.63) is 65.5 Å². The van der Waals surface area contributed by atoms with E-state index < -0.39 is 0 Å². The predicted octanol–water partition coefficient (Wildman–Crippen LogP) is 2.18. The molecule has 1 aliphatic heterocycles. The van der Waals surface area contributed by atoms with Gasteiger partial charge in [-0.3, -0.25) is 4.40 Å². The van der Waals surface area contributed by atoms with Crippen molar-refractivity contribution in [1.82, 2.24) is 24.6 Å². The van der Waals surface area contributed by atoms with Crippen molar-refractivity contribution in [2.24, 2.45) is 7.05 Å². The van der Waals surface area contributed by atoms with Crippen LogP contribution < -0.4 is 9.30 Å². The quantitative estimate of drug-likeness (QED) is 0.499. The Morgan fingerprint density at radius 1 is 1.21 bits per heavy atom. The fourth-order valence-corrected chi connectivity index (χ4v) is 3.95. The number of nitrogens with zero attached hydrogens (tertiary/aromatic N) is 6. The molecule has 0 radical (unpaired) electrons. The Morgan fingerprint density at radius 3 is 2.97 bits per heavy atom. The molecule has 0 amide bonds. The normalized spacial score (nSPS) is 12.9. The van der Waals surface area contributed by atoms with Gasteiger partial charge < -0.3 is 4.74 Å². The molecule has 0 atom stereocenters. The van der Waals surface area contributed by atoms with E-state index in [1.807, 2.05) is 35.3 Å². The summed E-state index contributed by atoms with van der Waals surface area (Å²) in [5, 5.41) is 8.36. The SMILES string of the molecule is Cc1c[n+](C)c(-c2cnc(CCc3c(F)ccc4c3CCO4)n3cnnc23)cn1. The number of ether oxygens (including phenoxy) is 1. The third-order valence-electron chi connectivity index (χ3n) is 5.38. The van der Waals surface area contributed by atoms with Gasteiger partial charge in [-0.1, -0.05) is 0 Å². The van der Waals surface area contributed by atoms with E-state index >= 15 is 0 Å². The highest BCUT2D eigenvalue weighted by molar-refractivity contribution is 5.71. The first-order valence-corrected chi connectivity index (χ1v) is 9.55. The molecule has 0 saturated carbocycles. The Labute approximate surface area is 166 Å². The van der Waals surface area contributed by atoms with E-state index in [4.69, 9.17) is 4.74 Å². The van der Waals surface area contributed by atoms with Crippen molar-refractivity contribution in [2.75, 3.05) is 6.61 Å². The van der Waals surface area contributed by atoms with Crippen LogP contribution in [-0.4, -0.2) is 31.2 Å². The van der Waals surface area contributed by atoms with E-state index in [0.717, 1.165) is 40.5 Å². The minimum atomic E-state index is -0.191. The average molecular weight is 391 g/mol. The maximum Gasteiger partial charge on any atom is 0.236 e. The van der Waals surface area contributed by atoms with Gasteiger partial charge in [0.25, 0.3) is 0 Å². The number of hydrogen-bond acceptors (Lipinski definition) is 5. The Hall–Kier alpha value is -3.42. The predicted molar refractivity (Wildman–Crippen MR) is 103 cm³/mol. The molecule has 0 N–H and O–H groups in total. The Morgan fingerprint density at radius 2 is 2.10 bits per heavy atom. The number of aromatic nitrogens is 6. The molecule has 5 rings (SSSR count). The number of halogens is 1. The lowest BCUT2D eigenvalue weighted by Crippen LogP contribution is -2.31. The van der Waals surface area contributed by atoms with Gasteiger partial charge in [-0.2, -0.15) is 4.57 Å². The van der Waals surface area contributed by atoms with Gasteiger partial charge >= 0.3 is 0 Å². The van der Waals surface area contributed by atoms with Crippen molar-refractivity contribution >= 4 is 5.65 Å². The molecule has 1 aliphatic rings. The molecule has 1 aromatic carbocycles. The minimum absolute atomic E-state index is 0.191. The summed E-state index contributed by atoms with van der Waals surface area (Å²) in [5.41, 5.74) is 5.07. The summed E-state index contributed by atoms with van der Waals surface area (Å²) in [5.74, 6) is 1.38. The maximum absolute atomic E-state index is 14.4. The van der Waals surface area contributed by atoms with Crippen LogP contribution in [0.2, 0.25) is 0 Å². The summed E-state index contributed by atoms with van der Waals surface area (Å²) in [7, 11) is 1.96. The minimum Gasteiger partial charge on any atom is -0.493 e. The Bertz CT molecular complexity index is 1240. The van der Waals surface area contributed by atoms with Crippen LogP contribution in [0.1, 0.15) is 22.6 Å². The van der Waals surface area contributed by atoms with E-state index in [0.29, 0.717) is 30.7 Å². The lowest BCUT2D eigenvalue weighted by atomic mass is 10.00. The van der Waals surface area contributed by atoms with Gasteiger partial charge in [0.1, 0.15) is 42.0 Å². The third-order valence-corrected chi connectivity index (χ3v) is 5.38. The molecule has 0 spiro atoms. The number of rotatable bonds is 4. The molecule has 0 unspecified atom stereocenters. The van der Waals surface area contributed by atoms with Crippen LogP contribution in [0.5, 0.6) is 5.75 Å². The molecule has 8 heteroatoms. The molecule has 0 aliphatic carbocycles. The fraction of sp³-hybridized carbons (Fsp3) is 0.286. The van der Waals surface area contributed by atoms with Gasteiger partial charge in [0, 0.05) is 24.6 Å². The Kier molecular flexibility index (Phi) is 4.19. The van der Waals surface area contributed by atoms with Gasteiger partial charge in [-0.05, 0) is 31.0 Å². The van der Waals surface area contributed by atoms with Gasteiger partial charge in [-0.25, -0.2) is 14.4 Å². The highest BCUT2D eigenvalue weighted by Crippen LogP contribution is 2.31. The molecule has 7 nitrogen and oxygen atoms in total. The second-order valence-corrected chi connectivity index (χ2v) is 7.24. The molecule has 0 fully saturated rings. The maximum atomic E-state index is 14.4. The summed E-state index contributed by atoms with van der Waals surface area (Å²) in [6.45, 7) is 2.55. The topological polar surface area (TPSA) is 69.1 Å². The first kappa shape index (κ1) is 17.7. The second kappa shape index (κ2) is 6.88. The molecule has 146 valence electrons. The van der Waals surface area contributed by atoms with Crippen molar-refractivity contribution in [3.8, 4) is 17.0 Å². The molecular formula is C21H20FN6O+. The van der Waals surface area contributed by atoms with Crippen LogP contribution in [0.4, 0.5) is 4.39 Å². The summed E-state index contributed by atoms with van der Waals surface area (Å²) in [4.78, 5) is 9.03. The standard InChI is InChI=1S/C21H20FN6O/c1-13-11-27(2)18(10-23-13)16-9-24-20(28-12-25-26-21(16)28)6-3-14-15-7-8-29-19(15)5-4-17(14)22/h4-5,9-12H,3,6-8H2,1-2H3/q+1. The van der Waals surface area contributed by atoms with E-state index in [2.05, 4.69) is 20.2 Å². The largest absolute Gasteiger partial charge is 0.493 e. The van der Waals surface area contributed by atoms with Crippen LogP contribution in [0.25, 0.3) is 16.9 Å².